The predicted octanol–water partition coefficient (Wildman–Crippen LogP) is -9.75. The molecule has 0 aliphatic carbocycles. The maximum absolute atomic E-state index is 9.68. The number of aliphatic hydroxyl groups is 1. The van der Waals surface area contributed by atoms with Crippen LogP contribution in [0.2, 0.25) is 0 Å². The van der Waals surface area contributed by atoms with Crippen molar-refractivity contribution in [2.24, 2.45) is 0 Å². The summed E-state index contributed by atoms with van der Waals surface area (Å²) in [5.41, 5.74) is -2.89. The van der Waals surface area contributed by atoms with Gasteiger partial charge in [-0.05, 0) is 6.92 Å². The van der Waals surface area contributed by atoms with E-state index in [9.17, 15) is 19.8 Å². The summed E-state index contributed by atoms with van der Waals surface area (Å²) in [4.78, 5) is 19.4. The van der Waals surface area contributed by atoms with Crippen molar-refractivity contribution in [2.75, 3.05) is 0 Å². The second kappa shape index (κ2) is 8.32. The van der Waals surface area contributed by atoms with Crippen molar-refractivity contribution in [3.63, 3.8) is 0 Å². The number of carboxylic acids is 2. The zero-order valence-electron chi connectivity index (χ0n) is 6.58. The number of aliphatic carboxylic acids is 2. The zero-order chi connectivity index (χ0) is 7.65. The van der Waals surface area contributed by atoms with Crippen molar-refractivity contribution in [2.45, 2.75) is 12.5 Å². The summed E-state index contributed by atoms with van der Waals surface area (Å²) in [7, 11) is 0. The Kier molecular flexibility index (Phi) is 14.8. The Morgan fingerprint density at radius 3 is 1.36 bits per heavy atom. The molecule has 52 valence electrons. The van der Waals surface area contributed by atoms with Crippen LogP contribution in [0.1, 0.15) is 6.92 Å². The fourth-order valence-electron chi connectivity index (χ4n) is 0.0833. The second-order valence-corrected chi connectivity index (χ2v) is 1.65. The van der Waals surface area contributed by atoms with Crippen molar-refractivity contribution in [1.29, 1.82) is 0 Å². The molecular formula is C4H4Cs2O5. The Balaban J connectivity index is -0.000000320. The van der Waals surface area contributed by atoms with Crippen LogP contribution in [-0.4, -0.2) is 22.6 Å². The first-order chi connectivity index (χ1) is 3.89. The molecule has 1 N–H and O–H groups in total. The molecule has 7 heteroatoms. The van der Waals surface area contributed by atoms with Crippen LogP contribution in [0.4, 0.5) is 0 Å². The fourth-order valence-corrected chi connectivity index (χ4v) is 0.0833. The van der Waals surface area contributed by atoms with Crippen molar-refractivity contribution in [3.8, 4) is 0 Å². The van der Waals surface area contributed by atoms with E-state index in [1.807, 2.05) is 0 Å². The molecule has 0 unspecified atom stereocenters. The fraction of sp³-hybridized carbons (Fsp3) is 0.500. The molecule has 0 aromatic carbocycles. The van der Waals surface area contributed by atoms with Gasteiger partial charge >= 0.3 is 138 Å². The quantitative estimate of drug-likeness (QED) is 0.466. The smallest absolute Gasteiger partial charge is 0.547 e. The largest absolute Gasteiger partial charge is 1.00 e. The van der Waals surface area contributed by atoms with Gasteiger partial charge in [0.25, 0.3) is 0 Å². The van der Waals surface area contributed by atoms with Gasteiger partial charge in [-0.1, -0.05) is 0 Å². The molecule has 0 aromatic rings. The Morgan fingerprint density at radius 2 is 1.36 bits per heavy atom. The van der Waals surface area contributed by atoms with Gasteiger partial charge in [-0.2, -0.15) is 0 Å². The summed E-state index contributed by atoms with van der Waals surface area (Å²) in [5.74, 6) is -4.16. The number of carbonyl (C=O) groups is 2. The minimum Gasteiger partial charge on any atom is -0.547 e. The van der Waals surface area contributed by atoms with E-state index in [2.05, 4.69) is 0 Å². The van der Waals surface area contributed by atoms with E-state index >= 15 is 0 Å². The van der Waals surface area contributed by atoms with Crippen LogP contribution in [0.3, 0.4) is 0 Å². The molecule has 0 amide bonds. The molecule has 0 aliphatic rings. The van der Waals surface area contributed by atoms with Crippen molar-refractivity contribution < 1.29 is 163 Å². The van der Waals surface area contributed by atoms with Gasteiger partial charge in [0, 0.05) is 0 Å². The monoisotopic (exact) mass is 398 g/mol. The van der Waals surface area contributed by atoms with Crippen molar-refractivity contribution in [3.05, 3.63) is 0 Å². The average Bonchev–Trinajstić information content (AvgIpc) is 1.65. The molecule has 0 aromatic heterocycles. The van der Waals surface area contributed by atoms with E-state index in [1.54, 1.807) is 0 Å². The van der Waals surface area contributed by atoms with E-state index < -0.39 is 17.5 Å². The Morgan fingerprint density at radius 1 is 1.18 bits per heavy atom. The Hall–Kier alpha value is 3.00. The number of hydrogen-bond donors (Lipinski definition) is 1. The number of hydrogen-bond acceptors (Lipinski definition) is 5. The van der Waals surface area contributed by atoms with Gasteiger partial charge in [0.15, 0.2) is 0 Å². The average molecular weight is 398 g/mol. The Bertz CT molecular complexity index is 139. The minimum absolute atomic E-state index is 0. The predicted molar refractivity (Wildman–Crippen MR) is 20.6 cm³/mol. The number of rotatable bonds is 2. The molecule has 0 rings (SSSR count). The van der Waals surface area contributed by atoms with Crippen molar-refractivity contribution in [1.82, 2.24) is 0 Å². The van der Waals surface area contributed by atoms with Crippen LogP contribution < -0.4 is 148 Å². The molecule has 11 heavy (non-hydrogen) atoms. The maximum atomic E-state index is 9.68. The summed E-state index contributed by atoms with van der Waals surface area (Å²) in [5, 5.41) is 27.7. The van der Waals surface area contributed by atoms with Crippen LogP contribution in [0, 0.1) is 0 Å². The van der Waals surface area contributed by atoms with Crippen LogP contribution in [-0.2, 0) is 9.59 Å². The van der Waals surface area contributed by atoms with E-state index in [-0.39, 0.29) is 138 Å². The number of carbonyl (C=O) groups excluding carboxylic acids is 2. The third kappa shape index (κ3) is 6.99. The standard InChI is InChI=1S/C4H6O5.2Cs/c1-4(9,2(5)6)3(7)8;;/h9H,1H3,(H,5,6)(H,7,8);;/q;2*+1/p-2. The second-order valence-electron chi connectivity index (χ2n) is 1.65. The van der Waals surface area contributed by atoms with Gasteiger partial charge in [-0.15, -0.1) is 0 Å². The summed E-state index contributed by atoms with van der Waals surface area (Å²) in [6.07, 6.45) is 0. The van der Waals surface area contributed by atoms with Crippen LogP contribution in [0.15, 0.2) is 0 Å². The molecule has 0 spiro atoms. The summed E-state index contributed by atoms with van der Waals surface area (Å²) < 4.78 is 0. The first kappa shape index (κ1) is 19.6. The van der Waals surface area contributed by atoms with Gasteiger partial charge < -0.3 is 24.9 Å². The van der Waals surface area contributed by atoms with Crippen molar-refractivity contribution >= 4 is 11.9 Å². The molecule has 0 radical (unpaired) electrons. The molecular weight excluding hydrogens is 394 g/mol. The minimum atomic E-state index is -2.89. The topological polar surface area (TPSA) is 100 Å². The van der Waals surface area contributed by atoms with Gasteiger partial charge in [0.05, 0.1) is 11.9 Å². The normalized spacial score (nSPS) is 8.91. The van der Waals surface area contributed by atoms with Crippen LogP contribution in [0.25, 0.3) is 0 Å². The third-order valence-corrected chi connectivity index (χ3v) is 0.795. The summed E-state index contributed by atoms with van der Waals surface area (Å²) >= 11 is 0. The van der Waals surface area contributed by atoms with E-state index in [4.69, 9.17) is 5.11 Å². The molecule has 0 saturated heterocycles. The summed E-state index contributed by atoms with van der Waals surface area (Å²) in [6.45, 7) is 0.567. The van der Waals surface area contributed by atoms with E-state index in [0.717, 1.165) is 0 Å². The maximum Gasteiger partial charge on any atom is 1.00 e. The first-order valence-corrected chi connectivity index (χ1v) is 2.04. The SMILES string of the molecule is CC(O)(C(=O)[O-])C(=O)[O-].[Cs+].[Cs+]. The molecule has 5 nitrogen and oxygen atoms in total. The molecule has 0 bridgehead atoms. The van der Waals surface area contributed by atoms with E-state index in [0.29, 0.717) is 6.92 Å². The summed E-state index contributed by atoms with van der Waals surface area (Å²) in [6, 6.07) is 0. The first-order valence-electron chi connectivity index (χ1n) is 2.04. The molecule has 0 heterocycles. The molecule has 0 aliphatic heterocycles. The van der Waals surface area contributed by atoms with E-state index in [1.165, 1.54) is 0 Å². The third-order valence-electron chi connectivity index (χ3n) is 0.795. The number of carboxylic acid groups (broad SMARTS) is 2. The molecule has 0 fully saturated rings. The Labute approximate surface area is 181 Å². The zero-order valence-corrected chi connectivity index (χ0v) is 19.1. The van der Waals surface area contributed by atoms with Gasteiger partial charge in [-0.25, -0.2) is 0 Å². The van der Waals surface area contributed by atoms with Gasteiger partial charge in [0.2, 0.25) is 0 Å². The van der Waals surface area contributed by atoms with Crippen LogP contribution >= 0.6 is 0 Å². The van der Waals surface area contributed by atoms with Gasteiger partial charge in [0.1, 0.15) is 5.60 Å². The molecule has 0 saturated carbocycles. The van der Waals surface area contributed by atoms with Crippen LogP contribution in [0.5, 0.6) is 0 Å². The van der Waals surface area contributed by atoms with Gasteiger partial charge in [-0.3, -0.25) is 0 Å². The molecule has 0 atom stereocenters.